The summed E-state index contributed by atoms with van der Waals surface area (Å²) >= 11 is 3.32. The SMILES string of the molecule is CS(=O)(=O)c1ccc(-n2ccc(OC3CCN(c4ncc(Br)cn4)CC3)cc2=O)c(F)c1.CS(=O)(=O)c1ccc(-n2ccc(OC3CCNCC3)cc2=O)c(F)c1. The third-order valence-electron chi connectivity index (χ3n) is 9.22. The van der Waals surface area contributed by atoms with Crippen molar-refractivity contribution in [1.82, 2.24) is 24.4 Å². The highest BCUT2D eigenvalue weighted by Gasteiger charge is 2.23. The summed E-state index contributed by atoms with van der Waals surface area (Å²) in [4.78, 5) is 35.3. The van der Waals surface area contributed by atoms with Gasteiger partial charge in [0.15, 0.2) is 19.7 Å². The van der Waals surface area contributed by atoms with Crippen molar-refractivity contribution in [3.05, 3.63) is 122 Å². The Hall–Kier alpha value is -4.98. The molecule has 0 spiro atoms. The number of nitrogens with one attached hydrogen (secondary N) is 1. The maximum atomic E-state index is 14.4. The molecule has 0 radical (unpaired) electrons. The molecule has 5 aromatic rings. The van der Waals surface area contributed by atoms with Crippen LogP contribution in [-0.4, -0.2) is 86.8 Å². The van der Waals surface area contributed by atoms with E-state index in [0.29, 0.717) is 17.4 Å². The molecule has 57 heavy (non-hydrogen) atoms. The summed E-state index contributed by atoms with van der Waals surface area (Å²) in [5.74, 6) is -0.0690. The molecule has 302 valence electrons. The van der Waals surface area contributed by atoms with E-state index in [0.717, 1.165) is 90.1 Å². The van der Waals surface area contributed by atoms with Gasteiger partial charge in [0.25, 0.3) is 11.1 Å². The fraction of sp³-hybridized carbons (Fsp3) is 0.316. The van der Waals surface area contributed by atoms with Crippen LogP contribution in [0.3, 0.4) is 0 Å². The van der Waals surface area contributed by atoms with Gasteiger partial charge in [-0.1, -0.05) is 0 Å². The zero-order valence-electron chi connectivity index (χ0n) is 30.8. The molecular weight excluding hydrogens is 850 g/mol. The maximum absolute atomic E-state index is 14.4. The highest BCUT2D eigenvalue weighted by molar-refractivity contribution is 9.10. The number of halogens is 3. The summed E-state index contributed by atoms with van der Waals surface area (Å²) in [5, 5.41) is 3.23. The van der Waals surface area contributed by atoms with E-state index in [9.17, 15) is 35.2 Å². The van der Waals surface area contributed by atoms with Crippen LogP contribution >= 0.6 is 15.9 Å². The molecule has 0 saturated carbocycles. The highest BCUT2D eigenvalue weighted by atomic mass is 79.9. The minimum absolute atomic E-state index is 0.00850. The lowest BCUT2D eigenvalue weighted by atomic mass is 10.1. The van der Waals surface area contributed by atoms with E-state index >= 15 is 0 Å². The first-order valence-corrected chi connectivity index (χ1v) is 22.3. The van der Waals surface area contributed by atoms with Crippen LogP contribution in [0.15, 0.2) is 109 Å². The van der Waals surface area contributed by atoms with E-state index in [-0.39, 0.29) is 33.4 Å². The number of nitrogens with zero attached hydrogens (tertiary/aromatic N) is 5. The van der Waals surface area contributed by atoms with Gasteiger partial charge in [-0.15, -0.1) is 0 Å². The third kappa shape index (κ3) is 10.7. The smallest absolute Gasteiger partial charge is 0.258 e. The van der Waals surface area contributed by atoms with Crippen molar-refractivity contribution < 1.29 is 35.1 Å². The number of anilines is 1. The molecule has 0 aliphatic carbocycles. The first-order valence-electron chi connectivity index (χ1n) is 17.8. The van der Waals surface area contributed by atoms with Crippen LogP contribution < -0.4 is 30.8 Å². The molecule has 0 bridgehead atoms. The van der Waals surface area contributed by atoms with Crippen molar-refractivity contribution in [3.63, 3.8) is 0 Å². The van der Waals surface area contributed by atoms with Gasteiger partial charge in [-0.3, -0.25) is 18.7 Å². The van der Waals surface area contributed by atoms with Gasteiger partial charge in [-0.25, -0.2) is 35.6 Å². The lowest BCUT2D eigenvalue weighted by Crippen LogP contribution is -2.39. The Labute approximate surface area is 336 Å². The second-order valence-corrected chi connectivity index (χ2v) is 18.4. The van der Waals surface area contributed by atoms with Gasteiger partial charge in [0.05, 0.1) is 25.6 Å². The van der Waals surface area contributed by atoms with Crippen molar-refractivity contribution in [2.45, 2.75) is 47.7 Å². The number of aromatic nitrogens is 4. The second kappa shape index (κ2) is 17.7. The normalized spacial score (nSPS) is 15.4. The third-order valence-corrected chi connectivity index (χ3v) is 11.8. The standard InChI is InChI=1S/C21H20BrFN4O4S.C17H19FN2O4S/c1-32(29,30)17-2-3-19(18(23)11-17)27-9-6-16(10-20(27)28)31-15-4-7-26(8-5-15)21-24-12-14(22)13-25-21;1-25(22,23)14-2-3-16(15(18)11-14)20-9-6-13(10-17(20)21)24-12-4-7-19-8-5-12/h2-3,6,9-13,15H,4-5,7-8H2,1H3;2-3,6,9-12,19H,4-5,7-8H2,1H3. The van der Waals surface area contributed by atoms with Gasteiger partial charge in [-0.05, 0) is 90.4 Å². The van der Waals surface area contributed by atoms with E-state index in [4.69, 9.17) is 9.47 Å². The average molecular weight is 890 g/mol. The zero-order chi connectivity index (χ0) is 40.9. The molecule has 7 rings (SSSR count). The Morgan fingerprint density at radius 2 is 1.12 bits per heavy atom. The van der Waals surface area contributed by atoms with Crippen LogP contribution in [0.5, 0.6) is 11.5 Å². The molecule has 2 aliphatic heterocycles. The molecule has 3 aromatic heterocycles. The van der Waals surface area contributed by atoms with Crippen LogP contribution in [-0.2, 0) is 19.7 Å². The average Bonchev–Trinajstić information content (AvgIpc) is 3.16. The number of pyridine rings is 2. The number of hydrogen-bond acceptors (Lipinski definition) is 12. The number of benzene rings is 2. The van der Waals surface area contributed by atoms with Crippen LogP contribution in [0.1, 0.15) is 25.7 Å². The Kier molecular flexibility index (Phi) is 12.9. The predicted octanol–water partition coefficient (Wildman–Crippen LogP) is 4.49. The van der Waals surface area contributed by atoms with Crippen LogP contribution in [0.25, 0.3) is 11.4 Å². The van der Waals surface area contributed by atoms with Crippen LogP contribution in [0.2, 0.25) is 0 Å². The summed E-state index contributed by atoms with van der Waals surface area (Å²) in [7, 11) is -7.05. The highest BCUT2D eigenvalue weighted by Crippen LogP contribution is 2.23. The Bertz CT molecular complexity index is 2580. The summed E-state index contributed by atoms with van der Waals surface area (Å²) < 4.78 is 89.6. The summed E-state index contributed by atoms with van der Waals surface area (Å²) in [6, 6.07) is 12.7. The van der Waals surface area contributed by atoms with Gasteiger partial charge in [0, 0.05) is 75.4 Å². The molecule has 2 aromatic carbocycles. The van der Waals surface area contributed by atoms with E-state index in [1.807, 2.05) is 0 Å². The lowest BCUT2D eigenvalue weighted by Gasteiger charge is -2.32. The van der Waals surface area contributed by atoms with E-state index in [1.165, 1.54) is 48.8 Å². The van der Waals surface area contributed by atoms with Gasteiger partial charge in [0.1, 0.15) is 35.3 Å². The van der Waals surface area contributed by atoms with Gasteiger partial charge in [0.2, 0.25) is 5.95 Å². The van der Waals surface area contributed by atoms with Crippen molar-refractivity contribution in [2.75, 3.05) is 43.6 Å². The summed E-state index contributed by atoms with van der Waals surface area (Å²) in [6.07, 6.45) is 11.5. The molecule has 14 nitrogen and oxygen atoms in total. The van der Waals surface area contributed by atoms with Crippen molar-refractivity contribution in [1.29, 1.82) is 0 Å². The number of sulfone groups is 2. The van der Waals surface area contributed by atoms with Gasteiger partial charge >= 0.3 is 0 Å². The second-order valence-electron chi connectivity index (χ2n) is 13.5. The molecule has 5 heterocycles. The predicted molar refractivity (Wildman–Crippen MR) is 212 cm³/mol. The first kappa shape index (κ1) is 41.6. The first-order chi connectivity index (χ1) is 27.0. The Morgan fingerprint density at radius 3 is 1.53 bits per heavy atom. The summed E-state index contributed by atoms with van der Waals surface area (Å²) in [5.41, 5.74) is -0.964. The van der Waals surface area contributed by atoms with Crippen molar-refractivity contribution >= 4 is 41.6 Å². The minimum atomic E-state index is -3.54. The largest absolute Gasteiger partial charge is 0.490 e. The number of hydrogen-bond donors (Lipinski definition) is 1. The fourth-order valence-corrected chi connectivity index (χ4v) is 7.70. The number of rotatable bonds is 9. The quantitative estimate of drug-likeness (QED) is 0.220. The molecule has 0 amide bonds. The van der Waals surface area contributed by atoms with E-state index in [1.54, 1.807) is 24.5 Å². The molecule has 2 saturated heterocycles. The fourth-order valence-electron chi connectivity index (χ4n) is 6.23. The molecule has 19 heteroatoms. The Balaban J connectivity index is 0.000000199. The van der Waals surface area contributed by atoms with Crippen molar-refractivity contribution in [3.8, 4) is 22.9 Å². The molecule has 0 unspecified atom stereocenters. The van der Waals surface area contributed by atoms with Crippen LogP contribution in [0, 0.1) is 11.6 Å². The molecule has 0 atom stereocenters. The molecule has 2 aliphatic rings. The molecular formula is C38H39BrF2N6O8S2. The topological polar surface area (TPSA) is 172 Å². The van der Waals surface area contributed by atoms with E-state index < -0.39 is 42.4 Å². The van der Waals surface area contributed by atoms with Crippen LogP contribution in [0.4, 0.5) is 14.7 Å². The lowest BCUT2D eigenvalue weighted by molar-refractivity contribution is 0.162. The molecule has 2 fully saturated rings. The van der Waals surface area contributed by atoms with Gasteiger partial charge in [-0.2, -0.15) is 0 Å². The maximum Gasteiger partial charge on any atom is 0.258 e. The number of ether oxygens (including phenoxy) is 2. The summed E-state index contributed by atoms with van der Waals surface area (Å²) in [6.45, 7) is 3.20. The molecule has 1 N–H and O–H groups in total. The van der Waals surface area contributed by atoms with Crippen molar-refractivity contribution in [2.24, 2.45) is 0 Å². The Morgan fingerprint density at radius 1 is 0.684 bits per heavy atom. The minimum Gasteiger partial charge on any atom is -0.490 e. The number of piperidine rings is 2. The van der Waals surface area contributed by atoms with E-state index in [2.05, 4.69) is 36.1 Å². The zero-order valence-corrected chi connectivity index (χ0v) is 34.1. The van der Waals surface area contributed by atoms with Gasteiger partial charge < -0.3 is 19.7 Å². The monoisotopic (exact) mass is 888 g/mol.